The van der Waals surface area contributed by atoms with E-state index in [2.05, 4.69) is 36.0 Å². The molecule has 2 unspecified atom stereocenters. The van der Waals surface area contributed by atoms with Crippen molar-refractivity contribution in [1.29, 1.82) is 0 Å². The van der Waals surface area contributed by atoms with Crippen molar-refractivity contribution in [3.8, 4) is 0 Å². The summed E-state index contributed by atoms with van der Waals surface area (Å²) < 4.78 is 0. The van der Waals surface area contributed by atoms with Crippen LogP contribution >= 0.6 is 0 Å². The molecule has 16 heavy (non-hydrogen) atoms. The molecule has 1 rings (SSSR count). The van der Waals surface area contributed by atoms with Crippen LogP contribution in [0.4, 0.5) is 0 Å². The van der Waals surface area contributed by atoms with Crippen molar-refractivity contribution in [2.45, 2.75) is 32.4 Å². The van der Waals surface area contributed by atoms with Crippen LogP contribution in [0.5, 0.6) is 0 Å². The molecule has 1 aliphatic rings. The highest BCUT2D eigenvalue weighted by atomic mass is 16.3. The van der Waals surface area contributed by atoms with Crippen LogP contribution in [0.1, 0.15) is 20.3 Å². The molecule has 1 aliphatic heterocycles. The largest absolute Gasteiger partial charge is 0.390 e. The Kier molecular flexibility index (Phi) is 6.28. The minimum atomic E-state index is -0.245. The monoisotopic (exact) mass is 229 g/mol. The van der Waals surface area contributed by atoms with E-state index in [4.69, 9.17) is 0 Å². The van der Waals surface area contributed by atoms with Crippen LogP contribution in [0, 0.1) is 0 Å². The Morgan fingerprint density at radius 3 is 2.62 bits per heavy atom. The van der Waals surface area contributed by atoms with Crippen LogP contribution in [-0.4, -0.2) is 73.4 Å². The number of hydrogen-bond acceptors (Lipinski definition) is 4. The highest BCUT2D eigenvalue weighted by Gasteiger charge is 2.19. The molecule has 0 saturated carbocycles. The quantitative estimate of drug-likeness (QED) is 0.644. The van der Waals surface area contributed by atoms with Crippen molar-refractivity contribution in [2.24, 2.45) is 0 Å². The summed E-state index contributed by atoms with van der Waals surface area (Å²) in [5.74, 6) is 0. The number of aliphatic hydroxyl groups is 1. The van der Waals surface area contributed by atoms with Gasteiger partial charge in [0.25, 0.3) is 0 Å². The van der Waals surface area contributed by atoms with E-state index in [1.807, 2.05) is 0 Å². The smallest absolute Gasteiger partial charge is 0.0791 e. The number of nitrogens with zero attached hydrogens (tertiary/aromatic N) is 2. The molecule has 4 heteroatoms. The second-order valence-electron chi connectivity index (χ2n) is 4.80. The molecule has 0 amide bonds. The molecule has 1 fully saturated rings. The maximum atomic E-state index is 9.89. The van der Waals surface area contributed by atoms with E-state index in [1.165, 1.54) is 13.0 Å². The molecule has 0 aliphatic carbocycles. The van der Waals surface area contributed by atoms with Gasteiger partial charge >= 0.3 is 0 Å². The Balaban J connectivity index is 2.12. The maximum absolute atomic E-state index is 9.89. The first-order valence-corrected chi connectivity index (χ1v) is 6.48. The Morgan fingerprint density at radius 1 is 1.44 bits per heavy atom. The molecule has 0 aromatic heterocycles. The first-order valence-electron chi connectivity index (χ1n) is 6.48. The average molecular weight is 229 g/mol. The van der Waals surface area contributed by atoms with Gasteiger partial charge in [-0.25, -0.2) is 0 Å². The lowest BCUT2D eigenvalue weighted by atomic mass is 10.2. The lowest BCUT2D eigenvalue weighted by molar-refractivity contribution is 0.114. The van der Waals surface area contributed by atoms with Gasteiger partial charge in [-0.3, -0.25) is 0 Å². The fourth-order valence-corrected chi connectivity index (χ4v) is 2.25. The van der Waals surface area contributed by atoms with Crippen molar-refractivity contribution < 1.29 is 5.11 Å². The van der Waals surface area contributed by atoms with Crippen molar-refractivity contribution >= 4 is 0 Å². The molecule has 1 heterocycles. The molecule has 0 spiro atoms. The second kappa shape index (κ2) is 7.22. The number of likely N-dealkylation sites (tertiary alicyclic amines) is 1. The first-order chi connectivity index (χ1) is 7.65. The van der Waals surface area contributed by atoms with E-state index in [0.717, 1.165) is 32.7 Å². The molecule has 4 nitrogen and oxygen atoms in total. The summed E-state index contributed by atoms with van der Waals surface area (Å²) in [7, 11) is 2.15. The van der Waals surface area contributed by atoms with Gasteiger partial charge in [-0.05, 0) is 33.1 Å². The Hall–Kier alpha value is -0.160. The zero-order chi connectivity index (χ0) is 12.0. The Bertz CT molecular complexity index is 185. The number of nitrogens with one attached hydrogen (secondary N) is 1. The fraction of sp³-hybridized carbons (Fsp3) is 1.00. The topological polar surface area (TPSA) is 38.7 Å². The minimum absolute atomic E-state index is 0.245. The molecule has 0 bridgehead atoms. The number of rotatable bonds is 7. The van der Waals surface area contributed by atoms with Crippen molar-refractivity contribution in [3.05, 3.63) is 0 Å². The number of hydrogen-bond donors (Lipinski definition) is 2. The highest BCUT2D eigenvalue weighted by Crippen LogP contribution is 2.05. The van der Waals surface area contributed by atoms with Crippen LogP contribution < -0.4 is 5.32 Å². The molecule has 2 N–H and O–H groups in total. The van der Waals surface area contributed by atoms with Gasteiger partial charge in [-0.15, -0.1) is 0 Å². The lowest BCUT2D eigenvalue weighted by Gasteiger charge is -2.23. The third-order valence-electron chi connectivity index (χ3n) is 3.40. The number of aliphatic hydroxyl groups excluding tert-OH is 1. The van der Waals surface area contributed by atoms with Gasteiger partial charge in [0.05, 0.1) is 6.10 Å². The predicted molar refractivity (Wildman–Crippen MR) is 67.7 cm³/mol. The molecule has 96 valence electrons. The molecule has 0 aromatic rings. The fourth-order valence-electron chi connectivity index (χ4n) is 2.25. The zero-order valence-corrected chi connectivity index (χ0v) is 10.9. The normalized spacial score (nSPS) is 24.2. The second-order valence-corrected chi connectivity index (χ2v) is 4.80. The molecule has 0 aromatic carbocycles. The van der Waals surface area contributed by atoms with Gasteiger partial charge in [-0.1, -0.05) is 13.8 Å². The summed E-state index contributed by atoms with van der Waals surface area (Å²) >= 11 is 0. The summed E-state index contributed by atoms with van der Waals surface area (Å²) in [4.78, 5) is 4.58. The van der Waals surface area contributed by atoms with E-state index in [-0.39, 0.29) is 6.10 Å². The molecule has 2 atom stereocenters. The van der Waals surface area contributed by atoms with E-state index in [9.17, 15) is 5.11 Å². The van der Waals surface area contributed by atoms with E-state index >= 15 is 0 Å². The standard InChI is InChI=1S/C12H27N3O/c1-4-15(5-2)10-12(16)8-13-11-6-7-14(3)9-11/h11-13,16H,4-10H2,1-3H3. The van der Waals surface area contributed by atoms with E-state index in [1.54, 1.807) is 0 Å². The molecular weight excluding hydrogens is 202 g/mol. The van der Waals surface area contributed by atoms with Crippen LogP contribution in [0.25, 0.3) is 0 Å². The summed E-state index contributed by atoms with van der Waals surface area (Å²) in [5, 5.41) is 13.3. The third kappa shape index (κ3) is 4.78. The predicted octanol–water partition coefficient (Wildman–Crippen LogP) is -0.0172. The van der Waals surface area contributed by atoms with Crippen LogP contribution in [-0.2, 0) is 0 Å². The van der Waals surface area contributed by atoms with Crippen LogP contribution in [0.15, 0.2) is 0 Å². The highest BCUT2D eigenvalue weighted by molar-refractivity contribution is 4.80. The van der Waals surface area contributed by atoms with Crippen molar-refractivity contribution in [2.75, 3.05) is 46.3 Å². The minimum Gasteiger partial charge on any atom is -0.390 e. The van der Waals surface area contributed by atoms with E-state index in [0.29, 0.717) is 6.04 Å². The Labute approximate surface area is 99.6 Å². The molecule has 1 saturated heterocycles. The number of likely N-dealkylation sites (N-methyl/N-ethyl adjacent to an activating group) is 2. The molecular formula is C12H27N3O. The van der Waals surface area contributed by atoms with Gasteiger partial charge < -0.3 is 20.2 Å². The van der Waals surface area contributed by atoms with E-state index < -0.39 is 0 Å². The van der Waals surface area contributed by atoms with Crippen molar-refractivity contribution in [3.63, 3.8) is 0 Å². The van der Waals surface area contributed by atoms with Gasteiger partial charge in [0, 0.05) is 25.7 Å². The summed E-state index contributed by atoms with van der Waals surface area (Å²) in [5.41, 5.74) is 0. The van der Waals surface area contributed by atoms with Crippen molar-refractivity contribution in [1.82, 2.24) is 15.1 Å². The Morgan fingerprint density at radius 2 is 2.12 bits per heavy atom. The zero-order valence-electron chi connectivity index (χ0n) is 10.9. The maximum Gasteiger partial charge on any atom is 0.0791 e. The first kappa shape index (κ1) is 13.9. The molecule has 0 radical (unpaired) electrons. The van der Waals surface area contributed by atoms with Gasteiger partial charge in [-0.2, -0.15) is 0 Å². The lowest BCUT2D eigenvalue weighted by Crippen LogP contribution is -2.42. The van der Waals surface area contributed by atoms with Gasteiger partial charge in [0.15, 0.2) is 0 Å². The third-order valence-corrected chi connectivity index (χ3v) is 3.40. The van der Waals surface area contributed by atoms with Gasteiger partial charge in [0.2, 0.25) is 0 Å². The van der Waals surface area contributed by atoms with Crippen LogP contribution in [0.3, 0.4) is 0 Å². The van der Waals surface area contributed by atoms with Crippen LogP contribution in [0.2, 0.25) is 0 Å². The summed E-state index contributed by atoms with van der Waals surface area (Å²) in [6.45, 7) is 10.1. The van der Waals surface area contributed by atoms with Gasteiger partial charge in [0.1, 0.15) is 0 Å². The average Bonchev–Trinajstić information content (AvgIpc) is 2.69. The SMILES string of the molecule is CCN(CC)CC(O)CNC1CCN(C)C1. The summed E-state index contributed by atoms with van der Waals surface area (Å²) in [6.07, 6.45) is 0.958. The summed E-state index contributed by atoms with van der Waals surface area (Å²) in [6, 6.07) is 0.566.